The summed E-state index contributed by atoms with van der Waals surface area (Å²) in [5.41, 5.74) is 0. The van der Waals surface area contributed by atoms with Crippen molar-refractivity contribution >= 4 is 39.9 Å². The highest BCUT2D eigenvalue weighted by molar-refractivity contribution is 8.76. The van der Waals surface area contributed by atoms with Gasteiger partial charge in [0, 0.05) is 37.6 Å². The molecule has 0 aromatic heterocycles. The molecule has 0 radical (unpaired) electrons. The summed E-state index contributed by atoms with van der Waals surface area (Å²) in [4.78, 5) is 32.8. The number of nitrogens with one attached hydrogen (secondary N) is 3. The number of hydrogen-bond acceptors (Lipinski definition) is 7. The molecule has 0 saturated heterocycles. The zero-order valence-electron chi connectivity index (χ0n) is 13.0. The van der Waals surface area contributed by atoms with Crippen LogP contribution in [-0.2, 0) is 14.4 Å². The number of carboxylic acids is 1. The van der Waals surface area contributed by atoms with Crippen molar-refractivity contribution in [1.82, 2.24) is 16.0 Å². The number of aliphatic hydroxyl groups is 1. The molecule has 0 aliphatic carbocycles. The minimum absolute atomic E-state index is 0.0299. The zero-order chi connectivity index (χ0) is 17.3. The Labute approximate surface area is 143 Å². The fourth-order valence-corrected chi connectivity index (χ4v) is 3.34. The molecule has 8 nitrogen and oxygen atoms in total. The molecule has 0 fully saturated rings. The average molecular weight is 367 g/mol. The normalized spacial score (nSPS) is 11.7. The number of hydrogen-bond donors (Lipinski definition) is 5. The molecule has 2 amide bonds. The van der Waals surface area contributed by atoms with Gasteiger partial charge in [-0.3, -0.25) is 14.4 Å². The van der Waals surface area contributed by atoms with Gasteiger partial charge in [-0.25, -0.2) is 0 Å². The largest absolute Gasteiger partial charge is 0.481 e. The Kier molecular flexibility index (Phi) is 15.2. The highest BCUT2D eigenvalue weighted by Crippen LogP contribution is 2.18. The molecule has 5 N–H and O–H groups in total. The minimum atomic E-state index is -0.922. The Balaban J connectivity index is 3.69. The van der Waals surface area contributed by atoms with Crippen LogP contribution in [0.15, 0.2) is 0 Å². The van der Waals surface area contributed by atoms with E-state index in [0.29, 0.717) is 38.1 Å². The molecule has 0 spiro atoms. The summed E-state index contributed by atoms with van der Waals surface area (Å²) < 4.78 is 0. The van der Waals surface area contributed by atoms with Gasteiger partial charge in [0.2, 0.25) is 12.3 Å². The third-order valence-corrected chi connectivity index (χ3v) is 5.08. The smallest absolute Gasteiger partial charge is 0.303 e. The van der Waals surface area contributed by atoms with Crippen molar-refractivity contribution in [3.05, 3.63) is 0 Å². The van der Waals surface area contributed by atoms with E-state index in [9.17, 15) is 14.4 Å². The van der Waals surface area contributed by atoms with Gasteiger partial charge in [0.25, 0.3) is 0 Å². The molecule has 0 rings (SSSR count). The fourth-order valence-electron chi connectivity index (χ4n) is 1.62. The summed E-state index contributed by atoms with van der Waals surface area (Å²) in [6.07, 6.45) is 1.04. The molecule has 134 valence electrons. The maximum Gasteiger partial charge on any atom is 0.303 e. The van der Waals surface area contributed by atoms with Gasteiger partial charge in [-0.2, -0.15) is 0 Å². The van der Waals surface area contributed by atoms with E-state index in [2.05, 4.69) is 16.0 Å². The number of amides is 2. The van der Waals surface area contributed by atoms with Crippen LogP contribution in [0.2, 0.25) is 0 Å². The number of rotatable bonds is 16. The van der Waals surface area contributed by atoms with Crippen molar-refractivity contribution in [2.45, 2.75) is 25.3 Å². The number of carbonyl (C=O) groups excluding carboxylic acids is 2. The van der Waals surface area contributed by atoms with Crippen molar-refractivity contribution in [2.24, 2.45) is 0 Å². The lowest BCUT2D eigenvalue weighted by Gasteiger charge is -2.15. The monoisotopic (exact) mass is 367 g/mol. The van der Waals surface area contributed by atoms with Crippen molar-refractivity contribution in [2.75, 3.05) is 37.7 Å². The number of carboxylic acid groups (broad SMARTS) is 1. The molecule has 23 heavy (non-hydrogen) atoms. The van der Waals surface area contributed by atoms with Crippen molar-refractivity contribution < 1.29 is 24.6 Å². The first-order chi connectivity index (χ1) is 11.1. The van der Waals surface area contributed by atoms with Gasteiger partial charge < -0.3 is 26.2 Å². The Morgan fingerprint density at radius 2 is 1.87 bits per heavy atom. The molecule has 1 unspecified atom stereocenters. The fraction of sp³-hybridized carbons (Fsp3) is 0.769. The van der Waals surface area contributed by atoms with E-state index in [-0.39, 0.29) is 18.9 Å². The van der Waals surface area contributed by atoms with Crippen LogP contribution in [0.3, 0.4) is 0 Å². The van der Waals surface area contributed by atoms with Crippen LogP contribution in [-0.4, -0.2) is 72.3 Å². The summed E-state index contributed by atoms with van der Waals surface area (Å²) in [6.45, 7) is 2.02. The maximum absolute atomic E-state index is 11.9. The minimum Gasteiger partial charge on any atom is -0.481 e. The quantitative estimate of drug-likeness (QED) is 0.139. The van der Waals surface area contributed by atoms with Gasteiger partial charge in [0.1, 0.15) is 6.04 Å². The molecule has 0 bridgehead atoms. The van der Waals surface area contributed by atoms with E-state index in [0.717, 1.165) is 12.3 Å². The molecule has 1 atom stereocenters. The molecule has 10 heteroatoms. The first-order valence-corrected chi connectivity index (χ1v) is 9.85. The van der Waals surface area contributed by atoms with E-state index in [1.54, 1.807) is 21.6 Å². The molecule has 0 aliphatic heterocycles. The maximum atomic E-state index is 11.9. The molecular weight excluding hydrogens is 342 g/mol. The number of carbonyl (C=O) groups is 3. The molecule has 0 saturated carbocycles. The molecule has 0 heterocycles. The van der Waals surface area contributed by atoms with Gasteiger partial charge in [-0.1, -0.05) is 21.6 Å². The van der Waals surface area contributed by atoms with E-state index < -0.39 is 12.0 Å². The van der Waals surface area contributed by atoms with Crippen molar-refractivity contribution in [3.63, 3.8) is 0 Å². The van der Waals surface area contributed by atoms with E-state index in [4.69, 9.17) is 10.2 Å². The molecule has 0 aromatic carbocycles. The van der Waals surface area contributed by atoms with Gasteiger partial charge in [-0.05, 0) is 12.8 Å². The van der Waals surface area contributed by atoms with Crippen LogP contribution < -0.4 is 16.0 Å². The second-order valence-electron chi connectivity index (χ2n) is 4.53. The Morgan fingerprint density at radius 3 is 2.52 bits per heavy atom. The number of aliphatic carboxylic acids is 1. The summed E-state index contributed by atoms with van der Waals surface area (Å²) in [7, 11) is 3.29. The second-order valence-corrected chi connectivity index (χ2v) is 7.23. The SMILES string of the molecule is O=CNC(CCCC(=O)O)C(=O)NCCNCCSSCCO. The first-order valence-electron chi connectivity index (χ1n) is 7.37. The second kappa shape index (κ2) is 15.9. The summed E-state index contributed by atoms with van der Waals surface area (Å²) in [5.74, 6) is 0.392. The Morgan fingerprint density at radius 1 is 1.13 bits per heavy atom. The van der Waals surface area contributed by atoms with Gasteiger partial charge in [0.15, 0.2) is 0 Å². The Hall–Kier alpha value is -0.970. The van der Waals surface area contributed by atoms with Crippen LogP contribution in [0.1, 0.15) is 19.3 Å². The van der Waals surface area contributed by atoms with Crippen LogP contribution in [0, 0.1) is 0 Å². The van der Waals surface area contributed by atoms with Crippen LogP contribution >= 0.6 is 21.6 Å². The van der Waals surface area contributed by atoms with Gasteiger partial charge in [-0.15, -0.1) is 0 Å². The van der Waals surface area contributed by atoms with Crippen LogP contribution in [0.5, 0.6) is 0 Å². The topological polar surface area (TPSA) is 128 Å². The average Bonchev–Trinajstić information content (AvgIpc) is 2.52. The van der Waals surface area contributed by atoms with Crippen LogP contribution in [0.4, 0.5) is 0 Å². The van der Waals surface area contributed by atoms with Crippen molar-refractivity contribution in [3.8, 4) is 0 Å². The lowest BCUT2D eigenvalue weighted by molar-refractivity contribution is -0.137. The van der Waals surface area contributed by atoms with E-state index in [1.807, 2.05) is 0 Å². The molecule has 0 aliphatic rings. The lowest BCUT2D eigenvalue weighted by Crippen LogP contribution is -2.45. The first kappa shape index (κ1) is 22.0. The molecular formula is C13H25N3O5S2. The zero-order valence-corrected chi connectivity index (χ0v) is 14.6. The third kappa shape index (κ3) is 14.4. The highest BCUT2D eigenvalue weighted by atomic mass is 33.1. The van der Waals surface area contributed by atoms with E-state index >= 15 is 0 Å². The van der Waals surface area contributed by atoms with Crippen LogP contribution in [0.25, 0.3) is 0 Å². The highest BCUT2D eigenvalue weighted by Gasteiger charge is 2.17. The van der Waals surface area contributed by atoms with Gasteiger partial charge in [0.05, 0.1) is 6.61 Å². The number of aliphatic hydroxyl groups excluding tert-OH is 1. The lowest BCUT2D eigenvalue weighted by atomic mass is 10.1. The van der Waals surface area contributed by atoms with Gasteiger partial charge >= 0.3 is 5.97 Å². The third-order valence-electron chi connectivity index (χ3n) is 2.69. The summed E-state index contributed by atoms with van der Waals surface area (Å²) >= 11 is 0. The Bertz CT molecular complexity index is 348. The standard InChI is InChI=1S/C13H25N3O5S2/c17-7-9-23-22-8-6-14-4-5-15-13(21)11(16-10-18)2-1-3-12(19)20/h10-11,14,17H,1-9H2,(H,15,21)(H,16,18)(H,19,20). The predicted molar refractivity (Wildman–Crippen MR) is 92.4 cm³/mol. The predicted octanol–water partition coefficient (Wildman–Crippen LogP) is -0.565. The molecule has 0 aromatic rings. The summed E-state index contributed by atoms with van der Waals surface area (Å²) in [5, 5.41) is 25.5. The van der Waals surface area contributed by atoms with Crippen molar-refractivity contribution in [1.29, 1.82) is 0 Å². The summed E-state index contributed by atoms with van der Waals surface area (Å²) in [6, 6.07) is -0.697. The van der Waals surface area contributed by atoms with E-state index in [1.165, 1.54) is 0 Å².